The summed E-state index contributed by atoms with van der Waals surface area (Å²) < 4.78 is 5.00. The molecule has 3 heteroatoms. The molecular formula is C15H11NO2. The van der Waals surface area contributed by atoms with Gasteiger partial charge in [-0.05, 0) is 17.7 Å². The van der Waals surface area contributed by atoms with Crippen molar-refractivity contribution in [2.24, 2.45) is 4.99 Å². The monoisotopic (exact) mass is 237 g/mol. The largest absolute Gasteiger partial charge is 0.457 e. The van der Waals surface area contributed by atoms with Crippen LogP contribution in [0.15, 0.2) is 53.5 Å². The highest BCUT2D eigenvalue weighted by Gasteiger charge is 2.22. The van der Waals surface area contributed by atoms with E-state index in [1.54, 1.807) is 12.3 Å². The number of rotatable bonds is 2. The second-order valence-electron chi connectivity index (χ2n) is 4.05. The maximum atomic E-state index is 11.4. The maximum absolute atomic E-state index is 11.4. The minimum atomic E-state index is -0.262. The number of carbonyl (C=O) groups excluding carboxylic acids is 1. The predicted octanol–water partition coefficient (Wildman–Crippen LogP) is 3.11. The molecular weight excluding hydrogens is 226 g/mol. The number of aliphatic imine (C=N–C) groups is 1. The number of ether oxygens (including phenoxy) is 1. The summed E-state index contributed by atoms with van der Waals surface area (Å²) in [5.74, 6) is -0.262. The summed E-state index contributed by atoms with van der Waals surface area (Å²) in [7, 11) is 0. The zero-order chi connectivity index (χ0) is 12.4. The van der Waals surface area contributed by atoms with Gasteiger partial charge >= 0.3 is 5.97 Å². The highest BCUT2D eigenvalue weighted by Crippen LogP contribution is 2.29. The van der Waals surface area contributed by atoms with E-state index >= 15 is 0 Å². The molecule has 18 heavy (non-hydrogen) atoms. The second-order valence-corrected chi connectivity index (χ2v) is 4.05. The Kier molecular flexibility index (Phi) is 2.65. The first-order valence-corrected chi connectivity index (χ1v) is 5.73. The molecule has 0 aromatic heterocycles. The molecule has 1 heterocycles. The fourth-order valence-electron chi connectivity index (χ4n) is 1.94. The first-order chi connectivity index (χ1) is 8.84. The lowest BCUT2D eigenvalue weighted by Crippen LogP contribution is -1.92. The van der Waals surface area contributed by atoms with Gasteiger partial charge in [0.1, 0.15) is 6.61 Å². The zero-order valence-electron chi connectivity index (χ0n) is 9.67. The average molecular weight is 237 g/mol. The zero-order valence-corrected chi connectivity index (χ0v) is 9.67. The van der Waals surface area contributed by atoms with Gasteiger partial charge in [-0.2, -0.15) is 0 Å². The highest BCUT2D eigenvalue weighted by atomic mass is 16.5. The number of benzene rings is 2. The van der Waals surface area contributed by atoms with Crippen LogP contribution in [-0.2, 0) is 11.3 Å². The van der Waals surface area contributed by atoms with Crippen LogP contribution in [0.3, 0.4) is 0 Å². The third-order valence-electron chi connectivity index (χ3n) is 2.87. The van der Waals surface area contributed by atoms with Gasteiger partial charge in [0.05, 0.1) is 11.3 Å². The molecule has 3 rings (SSSR count). The Morgan fingerprint density at radius 3 is 2.72 bits per heavy atom. The topological polar surface area (TPSA) is 38.7 Å². The van der Waals surface area contributed by atoms with Crippen LogP contribution in [0, 0.1) is 0 Å². The summed E-state index contributed by atoms with van der Waals surface area (Å²) in [6, 6.07) is 15.3. The van der Waals surface area contributed by atoms with Crippen molar-refractivity contribution in [2.75, 3.05) is 0 Å². The van der Waals surface area contributed by atoms with Gasteiger partial charge in [-0.15, -0.1) is 0 Å². The van der Waals surface area contributed by atoms with Gasteiger partial charge in [0.25, 0.3) is 0 Å². The summed E-state index contributed by atoms with van der Waals surface area (Å²) in [6.45, 7) is 0.316. The fraction of sp³-hybridized carbons (Fsp3) is 0.0667. The summed E-state index contributed by atoms with van der Waals surface area (Å²) in [5.41, 5.74) is 3.31. The normalized spacial score (nSPS) is 13.7. The summed E-state index contributed by atoms with van der Waals surface area (Å²) in [4.78, 5) is 15.8. The lowest BCUT2D eigenvalue weighted by molar-refractivity contribution is 0.0535. The lowest BCUT2D eigenvalue weighted by Gasteiger charge is -1.99. The van der Waals surface area contributed by atoms with Crippen molar-refractivity contribution in [3.8, 4) is 0 Å². The van der Waals surface area contributed by atoms with E-state index in [0.29, 0.717) is 12.2 Å². The number of hydrogen-bond donors (Lipinski definition) is 0. The number of carbonyl (C=O) groups is 1. The van der Waals surface area contributed by atoms with Gasteiger partial charge in [-0.25, -0.2) is 4.79 Å². The van der Waals surface area contributed by atoms with E-state index in [-0.39, 0.29) is 5.97 Å². The lowest BCUT2D eigenvalue weighted by atomic mass is 10.1. The fourth-order valence-corrected chi connectivity index (χ4v) is 1.94. The molecule has 2 aromatic rings. The van der Waals surface area contributed by atoms with Crippen LogP contribution in [-0.4, -0.2) is 12.2 Å². The summed E-state index contributed by atoms with van der Waals surface area (Å²) >= 11 is 0. The molecule has 2 aromatic carbocycles. The molecule has 0 fully saturated rings. The first-order valence-electron chi connectivity index (χ1n) is 5.73. The van der Waals surface area contributed by atoms with Crippen molar-refractivity contribution in [1.29, 1.82) is 0 Å². The smallest absolute Gasteiger partial charge is 0.338 e. The van der Waals surface area contributed by atoms with Crippen molar-refractivity contribution < 1.29 is 9.53 Å². The van der Waals surface area contributed by atoms with E-state index in [2.05, 4.69) is 4.99 Å². The van der Waals surface area contributed by atoms with Gasteiger partial charge in [0.15, 0.2) is 0 Å². The number of fused-ring (bicyclic) bond motifs is 1. The molecule has 3 nitrogen and oxygen atoms in total. The number of esters is 1. The van der Waals surface area contributed by atoms with Crippen LogP contribution in [0.1, 0.15) is 21.5 Å². The van der Waals surface area contributed by atoms with Crippen LogP contribution in [0.4, 0.5) is 5.69 Å². The van der Waals surface area contributed by atoms with Crippen molar-refractivity contribution in [3.63, 3.8) is 0 Å². The summed E-state index contributed by atoms with van der Waals surface area (Å²) in [6.07, 6.45) is 1.79. The molecule has 0 spiro atoms. The Morgan fingerprint density at radius 1 is 1.06 bits per heavy atom. The van der Waals surface area contributed by atoms with Gasteiger partial charge in [-0.1, -0.05) is 36.4 Å². The van der Waals surface area contributed by atoms with Crippen molar-refractivity contribution >= 4 is 17.9 Å². The van der Waals surface area contributed by atoms with E-state index < -0.39 is 0 Å². The molecule has 88 valence electrons. The van der Waals surface area contributed by atoms with E-state index in [4.69, 9.17) is 4.74 Å². The molecule has 0 N–H and O–H groups in total. The standard InChI is InChI=1S/C15H11NO2/c17-15-12-7-4-8-14(13(12)10-18-15)16-9-11-5-2-1-3-6-11/h1-9H,10H2. The first kappa shape index (κ1) is 10.7. The molecule has 1 aliphatic heterocycles. The van der Waals surface area contributed by atoms with Crippen LogP contribution in [0.5, 0.6) is 0 Å². The van der Waals surface area contributed by atoms with Crippen molar-refractivity contribution in [3.05, 3.63) is 65.2 Å². The molecule has 0 saturated carbocycles. The van der Waals surface area contributed by atoms with Gasteiger partial charge in [0.2, 0.25) is 0 Å². The quantitative estimate of drug-likeness (QED) is 0.594. The maximum Gasteiger partial charge on any atom is 0.338 e. The molecule has 0 aliphatic carbocycles. The van der Waals surface area contributed by atoms with Crippen LogP contribution < -0.4 is 0 Å². The molecule has 1 aliphatic rings. The Hall–Kier alpha value is -2.42. The van der Waals surface area contributed by atoms with Crippen molar-refractivity contribution in [1.82, 2.24) is 0 Å². The third-order valence-corrected chi connectivity index (χ3v) is 2.87. The van der Waals surface area contributed by atoms with E-state index in [9.17, 15) is 4.79 Å². The Labute approximate surface area is 105 Å². The van der Waals surface area contributed by atoms with Crippen LogP contribution in [0.25, 0.3) is 0 Å². The highest BCUT2D eigenvalue weighted by molar-refractivity contribution is 5.95. The van der Waals surface area contributed by atoms with Crippen LogP contribution >= 0.6 is 0 Å². The number of nitrogens with zero attached hydrogens (tertiary/aromatic N) is 1. The number of hydrogen-bond acceptors (Lipinski definition) is 3. The Morgan fingerprint density at radius 2 is 1.89 bits per heavy atom. The molecule has 0 radical (unpaired) electrons. The minimum absolute atomic E-state index is 0.262. The SMILES string of the molecule is O=C1OCc2c(N=Cc3ccccc3)cccc21. The molecule has 0 amide bonds. The van der Waals surface area contributed by atoms with Crippen molar-refractivity contribution in [2.45, 2.75) is 6.61 Å². The minimum Gasteiger partial charge on any atom is -0.457 e. The second kappa shape index (κ2) is 4.45. The third kappa shape index (κ3) is 1.91. The van der Waals surface area contributed by atoms with Crippen LogP contribution in [0.2, 0.25) is 0 Å². The summed E-state index contributed by atoms with van der Waals surface area (Å²) in [5, 5.41) is 0. The van der Waals surface area contributed by atoms with E-state index in [0.717, 1.165) is 16.8 Å². The molecule has 0 saturated heterocycles. The Balaban J connectivity index is 1.95. The van der Waals surface area contributed by atoms with E-state index in [1.165, 1.54) is 0 Å². The molecule has 0 unspecified atom stereocenters. The Bertz CT molecular complexity index is 618. The van der Waals surface area contributed by atoms with Gasteiger partial charge in [0, 0.05) is 11.8 Å². The van der Waals surface area contributed by atoms with Gasteiger partial charge < -0.3 is 4.74 Å². The number of cyclic esters (lactones) is 1. The molecule has 0 atom stereocenters. The predicted molar refractivity (Wildman–Crippen MR) is 69.3 cm³/mol. The average Bonchev–Trinajstić information content (AvgIpc) is 2.80. The van der Waals surface area contributed by atoms with Gasteiger partial charge in [-0.3, -0.25) is 4.99 Å². The van der Waals surface area contributed by atoms with E-state index in [1.807, 2.05) is 42.5 Å². The molecule has 0 bridgehead atoms.